The lowest BCUT2D eigenvalue weighted by atomic mass is 10.1. The zero-order valence-electron chi connectivity index (χ0n) is 18.9. The van der Waals surface area contributed by atoms with Gasteiger partial charge in [-0.2, -0.15) is 0 Å². The minimum absolute atomic E-state index is 0.116. The fraction of sp³-hybridized carbons (Fsp3) is 0.375. The van der Waals surface area contributed by atoms with Crippen molar-refractivity contribution in [3.8, 4) is 0 Å². The van der Waals surface area contributed by atoms with Crippen LogP contribution in [0.2, 0.25) is 0 Å². The van der Waals surface area contributed by atoms with Crippen LogP contribution < -0.4 is 0 Å². The molecule has 0 fully saturated rings. The van der Waals surface area contributed by atoms with Gasteiger partial charge in [0.05, 0.1) is 17.0 Å². The molecule has 1 aromatic carbocycles. The van der Waals surface area contributed by atoms with E-state index in [2.05, 4.69) is 0 Å². The molecule has 0 spiro atoms. The largest absolute Gasteiger partial charge is 0.311 e. The van der Waals surface area contributed by atoms with Gasteiger partial charge in [0.2, 0.25) is 5.78 Å². The third-order valence-electron chi connectivity index (χ3n) is 5.42. The van der Waals surface area contributed by atoms with Crippen LogP contribution in [0.4, 0.5) is 0 Å². The molecule has 0 atom stereocenters. The second-order valence-electron chi connectivity index (χ2n) is 7.98. The number of carbonyl (C=O) groups is 1. The maximum absolute atomic E-state index is 13.6. The molecule has 0 bridgehead atoms. The molecule has 0 saturated carbocycles. The lowest BCUT2D eigenvalue weighted by Gasteiger charge is -2.09. The van der Waals surface area contributed by atoms with Gasteiger partial charge in [0.25, 0.3) is 0 Å². The molecule has 8 heteroatoms. The number of carbonyl (C=O) groups excluding carboxylic acids is 1. The smallest absolute Gasteiger partial charge is 0.211 e. The molecule has 32 heavy (non-hydrogen) atoms. The average molecular weight is 476 g/mol. The van der Waals surface area contributed by atoms with E-state index in [0.717, 1.165) is 11.1 Å². The Morgan fingerprint density at radius 1 is 0.844 bits per heavy atom. The zero-order chi connectivity index (χ0) is 23.7. The summed E-state index contributed by atoms with van der Waals surface area (Å²) in [5.41, 5.74) is 2.25. The summed E-state index contributed by atoms with van der Waals surface area (Å²) in [5, 5.41) is 0. The molecule has 2 heterocycles. The molecule has 3 rings (SSSR count). The van der Waals surface area contributed by atoms with Crippen LogP contribution in [0.15, 0.2) is 52.4 Å². The van der Waals surface area contributed by atoms with Crippen LogP contribution in [0.25, 0.3) is 5.52 Å². The molecule has 0 unspecified atom stereocenters. The third kappa shape index (κ3) is 4.38. The van der Waals surface area contributed by atoms with Crippen molar-refractivity contribution in [3.63, 3.8) is 0 Å². The van der Waals surface area contributed by atoms with E-state index in [1.165, 1.54) is 4.40 Å². The molecule has 0 saturated heterocycles. The number of rotatable bonds is 9. The molecule has 0 aliphatic heterocycles. The normalized spacial score (nSPS) is 12.4. The van der Waals surface area contributed by atoms with Gasteiger partial charge in [0.1, 0.15) is 15.5 Å². The standard InChI is InChI=1S/C24H29NO5S2/c1-5-14-31(27,28)23-20-16-18(7-3)12-13-25(20)21(24(23)32(29,30)15-6-2)22(26)19-10-8-17(4)9-11-19/h8-13,16H,5-7,14-15H2,1-4H3. The number of fused-ring (bicyclic) bond motifs is 1. The molecule has 0 N–H and O–H groups in total. The number of benzene rings is 1. The second-order valence-corrected chi connectivity index (χ2v) is 12.1. The van der Waals surface area contributed by atoms with Crippen LogP contribution in [-0.2, 0) is 26.1 Å². The van der Waals surface area contributed by atoms with E-state index in [0.29, 0.717) is 24.8 Å². The minimum atomic E-state index is -4.04. The van der Waals surface area contributed by atoms with Crippen molar-refractivity contribution in [3.05, 3.63) is 65.0 Å². The number of aromatic nitrogens is 1. The van der Waals surface area contributed by atoms with Crippen LogP contribution >= 0.6 is 0 Å². The quantitative estimate of drug-likeness (QED) is 0.428. The van der Waals surface area contributed by atoms with Crippen LogP contribution in [0.5, 0.6) is 0 Å². The molecule has 0 aliphatic rings. The fourth-order valence-corrected chi connectivity index (χ4v) is 7.82. The predicted octanol–water partition coefficient (Wildman–Crippen LogP) is 4.41. The first-order chi connectivity index (χ1) is 15.1. The van der Waals surface area contributed by atoms with Gasteiger partial charge < -0.3 is 4.40 Å². The number of aryl methyl sites for hydroxylation is 2. The van der Waals surface area contributed by atoms with Gasteiger partial charge in [-0.15, -0.1) is 0 Å². The molecule has 0 aliphatic carbocycles. The van der Waals surface area contributed by atoms with Crippen LogP contribution in [-0.4, -0.2) is 38.5 Å². The fourth-order valence-electron chi connectivity index (χ4n) is 3.85. The van der Waals surface area contributed by atoms with Gasteiger partial charge in [-0.3, -0.25) is 4.79 Å². The SMILES string of the molecule is CCCS(=O)(=O)c1c(S(=O)(=O)CCC)c2cc(CC)ccn2c1C(=O)c1ccc(C)cc1. The summed E-state index contributed by atoms with van der Waals surface area (Å²) in [6.07, 6.45) is 2.89. The molecule has 2 aromatic heterocycles. The number of hydrogen-bond donors (Lipinski definition) is 0. The lowest BCUT2D eigenvalue weighted by Crippen LogP contribution is -2.17. The van der Waals surface area contributed by atoms with Crippen LogP contribution in [0.1, 0.15) is 60.8 Å². The monoisotopic (exact) mass is 475 g/mol. The minimum Gasteiger partial charge on any atom is -0.311 e. The zero-order valence-corrected chi connectivity index (χ0v) is 20.5. The molecular weight excluding hydrogens is 446 g/mol. The number of sulfone groups is 2. The number of pyridine rings is 1. The van der Waals surface area contributed by atoms with Crippen molar-refractivity contribution in [2.24, 2.45) is 0 Å². The molecule has 0 amide bonds. The van der Waals surface area contributed by atoms with E-state index in [-0.39, 0.29) is 32.5 Å². The second kappa shape index (κ2) is 9.19. The van der Waals surface area contributed by atoms with Gasteiger partial charge in [-0.05, 0) is 43.9 Å². The Morgan fingerprint density at radius 3 is 1.94 bits per heavy atom. The summed E-state index contributed by atoms with van der Waals surface area (Å²) < 4.78 is 54.9. The molecule has 6 nitrogen and oxygen atoms in total. The van der Waals surface area contributed by atoms with Gasteiger partial charge >= 0.3 is 0 Å². The topological polar surface area (TPSA) is 89.8 Å². The van der Waals surface area contributed by atoms with Crippen molar-refractivity contribution < 1.29 is 21.6 Å². The maximum Gasteiger partial charge on any atom is 0.211 e. The Bertz CT molecular complexity index is 1370. The van der Waals surface area contributed by atoms with Crippen LogP contribution in [0, 0.1) is 6.92 Å². The maximum atomic E-state index is 13.6. The number of nitrogens with zero attached hydrogens (tertiary/aromatic N) is 1. The first kappa shape index (κ1) is 24.2. The van der Waals surface area contributed by atoms with Crippen LogP contribution in [0.3, 0.4) is 0 Å². The van der Waals surface area contributed by atoms with Gasteiger partial charge in [-0.1, -0.05) is 50.6 Å². The first-order valence-electron chi connectivity index (χ1n) is 10.8. The Kier molecular flexibility index (Phi) is 6.95. The summed E-state index contributed by atoms with van der Waals surface area (Å²) in [7, 11) is -7.98. The first-order valence-corrected chi connectivity index (χ1v) is 14.1. The molecule has 0 radical (unpaired) electrons. The Balaban J connectivity index is 2.52. The Hall–Kier alpha value is -2.45. The van der Waals surface area contributed by atoms with Gasteiger partial charge in [0, 0.05) is 11.8 Å². The van der Waals surface area contributed by atoms with Crippen molar-refractivity contribution in [2.75, 3.05) is 11.5 Å². The highest BCUT2D eigenvalue weighted by Gasteiger charge is 2.37. The highest BCUT2D eigenvalue weighted by molar-refractivity contribution is 7.94. The highest BCUT2D eigenvalue weighted by atomic mass is 32.2. The Morgan fingerprint density at radius 2 is 1.41 bits per heavy atom. The summed E-state index contributed by atoms with van der Waals surface area (Å²) in [6, 6.07) is 10.3. The van der Waals surface area contributed by atoms with E-state index in [4.69, 9.17) is 0 Å². The highest BCUT2D eigenvalue weighted by Crippen LogP contribution is 2.36. The predicted molar refractivity (Wildman–Crippen MR) is 126 cm³/mol. The van der Waals surface area contributed by atoms with E-state index < -0.39 is 25.5 Å². The lowest BCUT2D eigenvalue weighted by molar-refractivity contribution is 0.103. The number of ketones is 1. The summed E-state index contributed by atoms with van der Waals surface area (Å²) in [5.74, 6) is -0.958. The number of hydrogen-bond acceptors (Lipinski definition) is 5. The summed E-state index contributed by atoms with van der Waals surface area (Å²) >= 11 is 0. The van der Waals surface area contributed by atoms with Crippen molar-refractivity contribution in [1.29, 1.82) is 0 Å². The van der Waals surface area contributed by atoms with Gasteiger partial charge in [0.15, 0.2) is 19.7 Å². The van der Waals surface area contributed by atoms with Crippen molar-refractivity contribution >= 4 is 31.0 Å². The molecule has 172 valence electrons. The molecular formula is C24H29NO5S2. The average Bonchev–Trinajstić information content (AvgIpc) is 3.10. The van der Waals surface area contributed by atoms with E-state index in [1.807, 2.05) is 13.8 Å². The summed E-state index contributed by atoms with van der Waals surface area (Å²) in [4.78, 5) is 13.0. The van der Waals surface area contributed by atoms with Crippen molar-refractivity contribution in [2.45, 2.75) is 56.7 Å². The van der Waals surface area contributed by atoms with Crippen molar-refractivity contribution in [1.82, 2.24) is 4.40 Å². The Labute approximate surface area is 190 Å². The molecule has 3 aromatic rings. The third-order valence-corrected chi connectivity index (χ3v) is 9.49. The van der Waals surface area contributed by atoms with E-state index in [1.54, 1.807) is 56.4 Å². The van der Waals surface area contributed by atoms with E-state index in [9.17, 15) is 21.6 Å². The van der Waals surface area contributed by atoms with E-state index >= 15 is 0 Å². The summed E-state index contributed by atoms with van der Waals surface area (Å²) in [6.45, 7) is 7.26. The van der Waals surface area contributed by atoms with Gasteiger partial charge in [-0.25, -0.2) is 16.8 Å².